The van der Waals surface area contributed by atoms with Crippen LogP contribution in [0.5, 0.6) is 5.75 Å². The summed E-state index contributed by atoms with van der Waals surface area (Å²) in [5.41, 5.74) is 1.86. The van der Waals surface area contributed by atoms with E-state index in [0.29, 0.717) is 6.61 Å². The minimum atomic E-state index is -0.425. The van der Waals surface area contributed by atoms with Crippen molar-refractivity contribution >= 4 is 18.3 Å². The van der Waals surface area contributed by atoms with Gasteiger partial charge >= 0.3 is 0 Å². The topological polar surface area (TPSA) is 68.2 Å². The van der Waals surface area contributed by atoms with Crippen molar-refractivity contribution in [3.05, 3.63) is 47.8 Å². The second kappa shape index (κ2) is 6.81. The van der Waals surface area contributed by atoms with Crippen LogP contribution in [-0.2, 0) is 11.8 Å². The van der Waals surface area contributed by atoms with Crippen LogP contribution in [0.1, 0.15) is 23.2 Å². The number of rotatable bonds is 4. The second-order valence-electron chi connectivity index (χ2n) is 5.08. The molecule has 0 saturated heterocycles. The summed E-state index contributed by atoms with van der Waals surface area (Å²) < 4.78 is 7.27. The van der Waals surface area contributed by atoms with Gasteiger partial charge in [0, 0.05) is 24.4 Å². The van der Waals surface area contributed by atoms with Crippen LogP contribution in [0.15, 0.2) is 36.7 Å². The minimum absolute atomic E-state index is 0. The quantitative estimate of drug-likeness (QED) is 0.891. The molecule has 1 amide bonds. The highest BCUT2D eigenvalue weighted by molar-refractivity contribution is 5.85. The van der Waals surface area contributed by atoms with Crippen molar-refractivity contribution in [1.29, 1.82) is 0 Å². The third kappa shape index (κ3) is 3.08. The van der Waals surface area contributed by atoms with Gasteiger partial charge in [0.25, 0.3) is 0 Å². The molecule has 2 heterocycles. The average Bonchev–Trinajstić information content (AvgIpc) is 3.07. The van der Waals surface area contributed by atoms with E-state index in [0.717, 1.165) is 16.9 Å². The monoisotopic (exact) mass is 322 g/mol. The fourth-order valence-electron chi connectivity index (χ4n) is 2.58. The smallest absolute Gasteiger partial charge is 0.242 e. The first-order valence-corrected chi connectivity index (χ1v) is 6.87. The van der Waals surface area contributed by atoms with E-state index < -0.39 is 6.04 Å². The average molecular weight is 323 g/mol. The molecule has 1 aliphatic rings. The van der Waals surface area contributed by atoms with Gasteiger partial charge in [-0.25, -0.2) is 0 Å². The molecule has 0 aliphatic carbocycles. The summed E-state index contributed by atoms with van der Waals surface area (Å²) in [6, 6.07) is 7.23. The molecular weight excluding hydrogens is 304 g/mol. The van der Waals surface area contributed by atoms with Gasteiger partial charge < -0.3 is 15.4 Å². The summed E-state index contributed by atoms with van der Waals surface area (Å²) in [4.78, 5) is 12.5. The summed E-state index contributed by atoms with van der Waals surface area (Å²) in [7, 11) is 3.59. The summed E-state index contributed by atoms with van der Waals surface area (Å²) in [6.45, 7) is 0.467. The number of carbonyl (C=O) groups is 1. The number of para-hydroxylation sites is 1. The molecule has 0 spiro atoms. The highest BCUT2D eigenvalue weighted by Gasteiger charge is 2.28. The van der Waals surface area contributed by atoms with Gasteiger partial charge in [0.2, 0.25) is 5.91 Å². The maximum absolute atomic E-state index is 12.5. The number of ether oxygens (including phenoxy) is 1. The highest BCUT2D eigenvalue weighted by atomic mass is 35.5. The molecular formula is C15H19ClN4O2. The molecule has 1 aromatic heterocycles. The van der Waals surface area contributed by atoms with Crippen LogP contribution >= 0.6 is 12.4 Å². The maximum Gasteiger partial charge on any atom is 0.242 e. The molecule has 1 aliphatic heterocycles. The third-order valence-electron chi connectivity index (χ3n) is 3.63. The maximum atomic E-state index is 12.5. The Morgan fingerprint density at radius 2 is 2.23 bits per heavy atom. The molecule has 0 saturated carbocycles. The SMILES string of the molecule is CNC(C(=O)NC1COc2ccccc21)c1cnn(C)c1.Cl. The van der Waals surface area contributed by atoms with Crippen molar-refractivity contribution in [2.24, 2.45) is 7.05 Å². The normalized spacial score (nSPS) is 17.1. The van der Waals surface area contributed by atoms with E-state index in [9.17, 15) is 4.79 Å². The van der Waals surface area contributed by atoms with Gasteiger partial charge in [-0.3, -0.25) is 9.48 Å². The predicted octanol–water partition coefficient (Wildman–Crippen LogP) is 1.35. The van der Waals surface area contributed by atoms with E-state index in [1.165, 1.54) is 0 Å². The number of carbonyl (C=O) groups excluding carboxylic acids is 1. The van der Waals surface area contributed by atoms with Crippen molar-refractivity contribution in [2.45, 2.75) is 12.1 Å². The lowest BCUT2D eigenvalue weighted by molar-refractivity contribution is -0.124. The Labute approximate surface area is 135 Å². The standard InChI is InChI=1S/C15H18N4O2.ClH/c1-16-14(10-7-17-19(2)8-10)15(20)18-12-9-21-13-6-4-3-5-11(12)13;/h3-8,12,14,16H,9H2,1-2H3,(H,18,20);1H. The van der Waals surface area contributed by atoms with Crippen LogP contribution < -0.4 is 15.4 Å². The molecule has 1 aromatic carbocycles. The molecule has 0 radical (unpaired) electrons. The van der Waals surface area contributed by atoms with Gasteiger partial charge in [-0.15, -0.1) is 12.4 Å². The second-order valence-corrected chi connectivity index (χ2v) is 5.08. The van der Waals surface area contributed by atoms with Gasteiger partial charge in [-0.2, -0.15) is 5.10 Å². The zero-order valence-corrected chi connectivity index (χ0v) is 13.3. The van der Waals surface area contributed by atoms with Crippen LogP contribution in [-0.4, -0.2) is 29.3 Å². The number of nitrogens with one attached hydrogen (secondary N) is 2. The molecule has 0 fully saturated rings. The lowest BCUT2D eigenvalue weighted by Crippen LogP contribution is -2.38. The number of fused-ring (bicyclic) bond motifs is 1. The van der Waals surface area contributed by atoms with Crippen molar-refractivity contribution in [1.82, 2.24) is 20.4 Å². The van der Waals surface area contributed by atoms with E-state index in [-0.39, 0.29) is 24.4 Å². The van der Waals surface area contributed by atoms with Crippen LogP contribution in [0.3, 0.4) is 0 Å². The molecule has 22 heavy (non-hydrogen) atoms. The molecule has 7 heteroatoms. The van der Waals surface area contributed by atoms with Crippen molar-refractivity contribution < 1.29 is 9.53 Å². The number of benzene rings is 1. The molecule has 3 rings (SSSR count). The van der Waals surface area contributed by atoms with Gasteiger partial charge in [0.05, 0.1) is 12.2 Å². The first kappa shape index (κ1) is 16.3. The molecule has 2 aromatic rings. The van der Waals surface area contributed by atoms with Crippen molar-refractivity contribution in [3.63, 3.8) is 0 Å². The zero-order chi connectivity index (χ0) is 14.8. The van der Waals surface area contributed by atoms with Crippen LogP contribution in [0.25, 0.3) is 0 Å². The number of hydrogen-bond donors (Lipinski definition) is 2. The predicted molar refractivity (Wildman–Crippen MR) is 85.1 cm³/mol. The number of aryl methyl sites for hydroxylation is 1. The Morgan fingerprint density at radius 3 is 2.91 bits per heavy atom. The Morgan fingerprint density at radius 1 is 1.45 bits per heavy atom. The van der Waals surface area contributed by atoms with Crippen molar-refractivity contribution in [3.8, 4) is 5.75 Å². The van der Waals surface area contributed by atoms with E-state index in [2.05, 4.69) is 15.7 Å². The fourth-order valence-corrected chi connectivity index (χ4v) is 2.58. The van der Waals surface area contributed by atoms with E-state index in [1.807, 2.05) is 37.5 Å². The number of likely N-dealkylation sites (N-methyl/N-ethyl adjacent to an activating group) is 1. The third-order valence-corrected chi connectivity index (χ3v) is 3.63. The first-order chi connectivity index (χ1) is 10.2. The van der Waals surface area contributed by atoms with Gasteiger partial charge in [0.15, 0.2) is 0 Å². The number of amides is 1. The molecule has 2 N–H and O–H groups in total. The van der Waals surface area contributed by atoms with Crippen LogP contribution in [0.4, 0.5) is 0 Å². The summed E-state index contributed by atoms with van der Waals surface area (Å²) >= 11 is 0. The number of hydrogen-bond acceptors (Lipinski definition) is 4. The molecule has 6 nitrogen and oxygen atoms in total. The molecule has 0 bridgehead atoms. The molecule has 118 valence electrons. The van der Waals surface area contributed by atoms with E-state index >= 15 is 0 Å². The largest absolute Gasteiger partial charge is 0.491 e. The Kier molecular flexibility index (Phi) is 5.05. The Hall–Kier alpha value is -2.05. The summed E-state index contributed by atoms with van der Waals surface area (Å²) in [5, 5.41) is 10.2. The Balaban J connectivity index is 0.00000176. The van der Waals surface area contributed by atoms with Crippen LogP contribution in [0.2, 0.25) is 0 Å². The number of aromatic nitrogens is 2. The summed E-state index contributed by atoms with van der Waals surface area (Å²) in [5.74, 6) is 0.751. The van der Waals surface area contributed by atoms with E-state index in [4.69, 9.17) is 4.74 Å². The van der Waals surface area contributed by atoms with E-state index in [1.54, 1.807) is 17.9 Å². The number of nitrogens with zero attached hydrogens (tertiary/aromatic N) is 2. The molecule has 2 unspecified atom stereocenters. The van der Waals surface area contributed by atoms with Gasteiger partial charge in [-0.1, -0.05) is 18.2 Å². The first-order valence-electron chi connectivity index (χ1n) is 6.87. The number of halogens is 1. The van der Waals surface area contributed by atoms with Gasteiger partial charge in [0.1, 0.15) is 18.4 Å². The highest BCUT2D eigenvalue weighted by Crippen LogP contribution is 2.32. The van der Waals surface area contributed by atoms with Crippen molar-refractivity contribution in [2.75, 3.05) is 13.7 Å². The zero-order valence-electron chi connectivity index (χ0n) is 12.4. The Bertz CT molecular complexity index is 658. The molecule has 2 atom stereocenters. The fraction of sp³-hybridized carbons (Fsp3) is 0.333. The van der Waals surface area contributed by atoms with Gasteiger partial charge in [-0.05, 0) is 13.1 Å². The van der Waals surface area contributed by atoms with Crippen LogP contribution in [0, 0.1) is 0 Å². The lowest BCUT2D eigenvalue weighted by atomic mass is 10.1. The summed E-state index contributed by atoms with van der Waals surface area (Å²) in [6.07, 6.45) is 3.53. The minimum Gasteiger partial charge on any atom is -0.491 e. The lowest BCUT2D eigenvalue weighted by Gasteiger charge is -2.18.